The predicted octanol–water partition coefficient (Wildman–Crippen LogP) is 3.62. The number of ether oxygens (including phenoxy) is 2. The molecule has 0 saturated heterocycles. The van der Waals surface area contributed by atoms with E-state index < -0.39 is 40.5 Å². The molecule has 31 heavy (non-hydrogen) atoms. The highest BCUT2D eigenvalue weighted by Crippen LogP contribution is 2.23. The van der Waals surface area contributed by atoms with Crippen molar-refractivity contribution in [1.82, 2.24) is 0 Å². The van der Waals surface area contributed by atoms with E-state index in [2.05, 4.69) is 46.7 Å². The van der Waals surface area contributed by atoms with Crippen molar-refractivity contribution < 1.29 is 32.8 Å². The van der Waals surface area contributed by atoms with E-state index in [0.717, 1.165) is 10.4 Å². The molecule has 7 nitrogen and oxygen atoms in total. The lowest BCUT2D eigenvalue weighted by molar-refractivity contribution is 0.0425. The summed E-state index contributed by atoms with van der Waals surface area (Å²) in [4.78, 5) is 47.1. The smallest absolute Gasteiger partial charge is 0.346 e. The molecule has 2 aliphatic rings. The van der Waals surface area contributed by atoms with Gasteiger partial charge in [0.2, 0.25) is 16.6 Å². The van der Waals surface area contributed by atoms with Crippen molar-refractivity contribution in [3.05, 3.63) is 58.7 Å². The van der Waals surface area contributed by atoms with Crippen LogP contribution in [0, 0.1) is 0 Å². The maximum absolute atomic E-state index is 11.9. The van der Waals surface area contributed by atoms with Crippen LogP contribution in [-0.4, -0.2) is 40.5 Å². The highest BCUT2D eigenvalue weighted by atomic mass is 128. The molecule has 0 spiro atoms. The molecule has 0 aromatic heterocycles. The van der Waals surface area contributed by atoms with Gasteiger partial charge < -0.3 is 13.6 Å². The second-order valence-electron chi connectivity index (χ2n) is 8.00. The van der Waals surface area contributed by atoms with Crippen molar-refractivity contribution in [2.24, 2.45) is 0 Å². The lowest BCUT2D eigenvalue weighted by atomic mass is 10.1. The van der Waals surface area contributed by atoms with Gasteiger partial charge in [-0.05, 0) is 60.8 Å². The first-order chi connectivity index (χ1) is 14.5. The van der Waals surface area contributed by atoms with Gasteiger partial charge in [-0.2, -0.15) is 0 Å². The van der Waals surface area contributed by atoms with Crippen molar-refractivity contribution in [2.45, 2.75) is 26.2 Å². The molecule has 0 atom stereocenters. The molecular weight excluding hydrogens is 662 g/mol. The summed E-state index contributed by atoms with van der Waals surface area (Å²) in [6.45, 7) is 8.04. The Kier molecular flexibility index (Phi) is 6.91. The van der Waals surface area contributed by atoms with Gasteiger partial charge in [0.15, 0.2) is 0 Å². The summed E-state index contributed by atoms with van der Waals surface area (Å²) in [6, 6.07) is 10.2. The third kappa shape index (κ3) is 4.55. The zero-order valence-corrected chi connectivity index (χ0v) is 23.4. The second kappa shape index (κ2) is 8.84. The molecule has 0 unspecified atom stereocenters. The Balaban J connectivity index is 0.00000132. The second-order valence-corrected chi connectivity index (χ2v) is 16.0. The van der Waals surface area contributed by atoms with Crippen LogP contribution in [0.15, 0.2) is 36.4 Å². The summed E-state index contributed by atoms with van der Waals surface area (Å²) >= 11 is 4.24. The van der Waals surface area contributed by atoms with Crippen LogP contribution in [0.2, 0.25) is 26.2 Å². The van der Waals surface area contributed by atoms with Crippen molar-refractivity contribution in [1.29, 1.82) is 0 Å². The van der Waals surface area contributed by atoms with E-state index in [4.69, 9.17) is 4.12 Å². The van der Waals surface area contributed by atoms with E-state index in [0.29, 0.717) is 0 Å². The Labute approximate surface area is 204 Å². The third-order valence-electron chi connectivity index (χ3n) is 5.19. The number of carbonyl (C=O) groups excluding carboxylic acids is 4. The summed E-state index contributed by atoms with van der Waals surface area (Å²) in [5.41, 5.74) is 1.05. The quantitative estimate of drug-likeness (QED) is 0.211. The number of halogens is 2. The lowest BCUT2D eigenvalue weighted by Crippen LogP contribution is -2.57. The minimum atomic E-state index is -2.49. The van der Waals surface area contributed by atoms with Gasteiger partial charge in [-0.1, -0.05) is 12.1 Å². The highest BCUT2D eigenvalue weighted by molar-refractivity contribution is 15.0. The van der Waals surface area contributed by atoms with Crippen LogP contribution in [0.25, 0.3) is 0 Å². The number of hydrogen-bond donors (Lipinski definition) is 0. The zero-order chi connectivity index (χ0) is 23.1. The first-order valence-corrected chi connectivity index (χ1v) is 21.3. The fraction of sp³-hybridized carbons (Fsp3) is 0.200. The Morgan fingerprint density at radius 3 is 1.29 bits per heavy atom. The number of rotatable bonds is 4. The minimum Gasteiger partial charge on any atom is -0.449 e. The van der Waals surface area contributed by atoms with Gasteiger partial charge in [-0.15, -0.1) is 0 Å². The topological polar surface area (TPSA) is 96.0 Å². The van der Waals surface area contributed by atoms with Crippen molar-refractivity contribution >= 4 is 88.1 Å². The summed E-state index contributed by atoms with van der Waals surface area (Å²) in [6.07, 6.45) is 0. The molecule has 2 aromatic carbocycles. The minimum absolute atomic E-state index is 0.259. The van der Waals surface area contributed by atoms with Gasteiger partial charge in [0.1, 0.15) is 0 Å². The van der Waals surface area contributed by atoms with Crippen LogP contribution >= 0.6 is 37.2 Å². The molecule has 2 aliphatic heterocycles. The van der Waals surface area contributed by atoms with Gasteiger partial charge in [0.05, 0.1) is 22.3 Å². The van der Waals surface area contributed by atoms with E-state index >= 15 is 0 Å². The highest BCUT2D eigenvalue weighted by Gasteiger charge is 2.39. The maximum atomic E-state index is 11.9. The van der Waals surface area contributed by atoms with E-state index in [1.165, 1.54) is 0 Å². The van der Waals surface area contributed by atoms with Gasteiger partial charge in [-0.3, -0.25) is 0 Å². The molecule has 0 saturated carbocycles. The van der Waals surface area contributed by atoms with E-state index in [9.17, 15) is 19.2 Å². The summed E-state index contributed by atoms with van der Waals surface area (Å²) in [7, 11) is -4.98. The molecule has 0 bridgehead atoms. The molecule has 2 aromatic rings. The third-order valence-corrected chi connectivity index (χ3v) is 12.7. The number of benzene rings is 2. The summed E-state index contributed by atoms with van der Waals surface area (Å²) < 4.78 is 16.0. The molecule has 0 amide bonds. The number of cyclic esters (lactones) is 4. The molecule has 0 fully saturated rings. The maximum Gasteiger partial charge on any atom is 0.346 e. The van der Waals surface area contributed by atoms with Crippen LogP contribution in [0.5, 0.6) is 0 Å². The number of hydrogen-bond acceptors (Lipinski definition) is 7. The Morgan fingerprint density at radius 2 is 0.935 bits per heavy atom. The monoisotopic (exact) mass is 680 g/mol. The first-order valence-electron chi connectivity index (χ1n) is 9.16. The van der Waals surface area contributed by atoms with Crippen molar-refractivity contribution in [3.8, 4) is 0 Å². The number of esters is 4. The van der Waals surface area contributed by atoms with Gasteiger partial charge in [0, 0.05) is 37.2 Å². The number of carbonyl (C=O) groups is 4. The van der Waals surface area contributed by atoms with Gasteiger partial charge >= 0.3 is 23.9 Å². The predicted molar refractivity (Wildman–Crippen MR) is 136 cm³/mol. The molecule has 0 N–H and O–H groups in total. The fourth-order valence-electron chi connectivity index (χ4n) is 3.68. The van der Waals surface area contributed by atoms with Crippen LogP contribution < -0.4 is 10.4 Å². The van der Waals surface area contributed by atoms with E-state index in [1.54, 1.807) is 36.4 Å². The lowest BCUT2D eigenvalue weighted by Gasteiger charge is -2.34. The first kappa shape index (κ1) is 24.2. The summed E-state index contributed by atoms with van der Waals surface area (Å²) in [5, 5.41) is 1.72. The average molecular weight is 680 g/mol. The van der Waals surface area contributed by atoms with Crippen molar-refractivity contribution in [2.75, 3.05) is 0 Å². The molecule has 4 rings (SSSR count). The fourth-order valence-corrected chi connectivity index (χ4v) is 11.7. The molecule has 2 heterocycles. The van der Waals surface area contributed by atoms with E-state index in [-0.39, 0.29) is 22.3 Å². The largest absolute Gasteiger partial charge is 0.449 e. The van der Waals surface area contributed by atoms with Crippen LogP contribution in [-0.2, 0) is 13.6 Å². The molecule has 162 valence electrons. The van der Waals surface area contributed by atoms with Crippen LogP contribution in [0.4, 0.5) is 0 Å². The zero-order valence-electron chi connectivity index (χ0n) is 17.1. The average Bonchev–Trinajstić information content (AvgIpc) is 3.17. The summed E-state index contributed by atoms with van der Waals surface area (Å²) in [5.74, 6) is -2.55. The normalized spacial score (nSPS) is 15.0. The van der Waals surface area contributed by atoms with Gasteiger partial charge in [-0.25, -0.2) is 19.2 Å². The Hall–Kier alpha value is -1.43. The molecular formula is C20H18I2O7Si2. The standard InChI is InChI=1S/C20H18O7Si2.I2/c1-28(2,11-5-7-13-15(9-11)19(23)25-17(13)21)27-29(3,4)12-6-8-14-16(10-12)20(24)26-18(14)22;1-2/h5-10H,1-4H3;. The van der Waals surface area contributed by atoms with E-state index in [1.807, 2.05) is 26.2 Å². The van der Waals surface area contributed by atoms with Crippen molar-refractivity contribution in [3.63, 3.8) is 0 Å². The Bertz CT molecular complexity index is 1040. The Morgan fingerprint density at radius 1 is 0.613 bits per heavy atom. The van der Waals surface area contributed by atoms with Crippen LogP contribution in [0.1, 0.15) is 41.4 Å². The SMILES string of the molecule is C[Si](C)(O[Si](C)(C)c1ccc2c(c1)C(=O)OC2=O)c1ccc2c(c1)C(=O)OC2=O.II. The van der Waals surface area contributed by atoms with Crippen LogP contribution in [0.3, 0.4) is 0 Å². The molecule has 11 heteroatoms. The van der Waals surface area contributed by atoms with Gasteiger partial charge in [0.25, 0.3) is 0 Å². The molecule has 0 radical (unpaired) electrons. The number of fused-ring (bicyclic) bond motifs is 2. The molecule has 0 aliphatic carbocycles.